The highest BCUT2D eigenvalue weighted by atomic mass is 16.6. The van der Waals surface area contributed by atoms with Crippen molar-refractivity contribution in [3.63, 3.8) is 0 Å². The Kier molecular flexibility index (Phi) is 6.49. The highest BCUT2D eigenvalue weighted by Gasteiger charge is 2.42. The highest BCUT2D eigenvalue weighted by molar-refractivity contribution is 6.49. The molecule has 7 heteroatoms. The van der Waals surface area contributed by atoms with E-state index in [-0.39, 0.29) is 13.0 Å². The summed E-state index contributed by atoms with van der Waals surface area (Å²) >= 11 is 0. The molecule has 32 heavy (non-hydrogen) atoms. The number of hydrogen-bond acceptors (Lipinski definition) is 6. The van der Waals surface area contributed by atoms with Crippen LogP contribution in [-0.4, -0.2) is 25.2 Å². The first-order valence-electron chi connectivity index (χ1n) is 10.5. The van der Waals surface area contributed by atoms with Crippen LogP contribution in [0.15, 0.2) is 66.7 Å². The Morgan fingerprint density at radius 3 is 2.59 bits per heavy atom. The van der Waals surface area contributed by atoms with E-state index >= 15 is 0 Å². The van der Waals surface area contributed by atoms with Crippen LogP contribution in [0, 0.1) is 6.92 Å². The molecule has 0 saturated carbocycles. The van der Waals surface area contributed by atoms with Crippen molar-refractivity contribution in [1.82, 2.24) is 0 Å². The van der Waals surface area contributed by atoms with Gasteiger partial charge in [-0.2, -0.15) is 0 Å². The lowest BCUT2D eigenvalue weighted by Gasteiger charge is -2.25. The molecule has 0 saturated heterocycles. The van der Waals surface area contributed by atoms with Gasteiger partial charge in [0.05, 0.1) is 6.61 Å². The summed E-state index contributed by atoms with van der Waals surface area (Å²) in [6, 6.07) is 20.9. The van der Waals surface area contributed by atoms with Gasteiger partial charge in [-0.15, -0.1) is 0 Å². The standard InChI is InChI=1S/C25H24BO6/c1-3-29-23(27)15-25(28)24-17(2)12-21(14-22(24)26-32-25)31-20-11-7-10-19(13-20)30-16-18-8-5-4-6-9-18/h4-14,28H,3,15-16H2,1-2H3. The number of carbonyl (C=O) groups is 1. The van der Waals surface area contributed by atoms with Crippen LogP contribution in [0.1, 0.15) is 30.0 Å². The van der Waals surface area contributed by atoms with Crippen molar-refractivity contribution in [1.29, 1.82) is 0 Å². The number of carbonyl (C=O) groups excluding carboxylic acids is 1. The molecule has 0 spiro atoms. The quantitative estimate of drug-likeness (QED) is 0.433. The van der Waals surface area contributed by atoms with Crippen LogP contribution in [0.25, 0.3) is 0 Å². The monoisotopic (exact) mass is 431 g/mol. The SMILES string of the molecule is CCOC(=O)CC1(O)O[B]c2cc(Oc3cccc(OCc4ccccc4)c3)cc(C)c21. The van der Waals surface area contributed by atoms with E-state index in [1.807, 2.05) is 61.5 Å². The largest absolute Gasteiger partial charge is 0.489 e. The Bertz CT molecular complexity index is 1100. The minimum Gasteiger partial charge on any atom is -0.489 e. The minimum atomic E-state index is -1.74. The second kappa shape index (κ2) is 9.46. The van der Waals surface area contributed by atoms with Crippen LogP contribution in [0.4, 0.5) is 0 Å². The molecule has 0 fully saturated rings. The number of aliphatic hydroxyl groups is 1. The molecule has 0 aromatic heterocycles. The van der Waals surface area contributed by atoms with Crippen molar-refractivity contribution < 1.29 is 28.8 Å². The fourth-order valence-corrected chi connectivity index (χ4v) is 3.73. The summed E-state index contributed by atoms with van der Waals surface area (Å²) in [4.78, 5) is 11.9. The number of fused-ring (bicyclic) bond motifs is 1. The number of esters is 1. The number of hydrogen-bond donors (Lipinski definition) is 1. The Morgan fingerprint density at radius 2 is 1.81 bits per heavy atom. The third kappa shape index (κ3) is 4.95. The van der Waals surface area contributed by atoms with Gasteiger partial charge in [-0.05, 0) is 54.7 Å². The number of benzene rings is 3. The van der Waals surface area contributed by atoms with Crippen LogP contribution in [0.5, 0.6) is 17.2 Å². The first kappa shape index (κ1) is 21.9. The van der Waals surface area contributed by atoms with Gasteiger partial charge in [0.1, 0.15) is 30.3 Å². The smallest absolute Gasteiger partial charge is 0.334 e. The summed E-state index contributed by atoms with van der Waals surface area (Å²) in [7, 11) is 1.44. The van der Waals surface area contributed by atoms with Gasteiger partial charge >= 0.3 is 13.5 Å². The second-order valence-electron chi connectivity index (χ2n) is 7.56. The molecule has 0 amide bonds. The summed E-state index contributed by atoms with van der Waals surface area (Å²) in [5.41, 5.74) is 3.02. The Balaban J connectivity index is 1.48. The fraction of sp³-hybridized carbons (Fsp3) is 0.240. The molecule has 1 aliphatic rings. The van der Waals surface area contributed by atoms with E-state index in [0.29, 0.717) is 34.9 Å². The van der Waals surface area contributed by atoms with Crippen molar-refractivity contribution >= 4 is 18.9 Å². The van der Waals surface area contributed by atoms with E-state index in [9.17, 15) is 9.90 Å². The average Bonchev–Trinajstić information content (AvgIpc) is 3.10. The molecule has 1 atom stereocenters. The van der Waals surface area contributed by atoms with E-state index in [0.717, 1.165) is 11.1 Å². The Labute approximate surface area is 188 Å². The van der Waals surface area contributed by atoms with Crippen LogP contribution in [0.2, 0.25) is 0 Å². The van der Waals surface area contributed by atoms with Crippen molar-refractivity contribution in [2.24, 2.45) is 0 Å². The number of aryl methyl sites for hydroxylation is 1. The van der Waals surface area contributed by atoms with E-state index in [1.165, 1.54) is 7.48 Å². The molecule has 1 unspecified atom stereocenters. The maximum Gasteiger partial charge on any atom is 0.334 e. The molecule has 163 valence electrons. The molecule has 1 aliphatic heterocycles. The lowest BCUT2D eigenvalue weighted by atomic mass is 9.83. The van der Waals surface area contributed by atoms with Crippen LogP contribution < -0.4 is 14.9 Å². The Morgan fingerprint density at radius 1 is 1.03 bits per heavy atom. The number of rotatable bonds is 8. The van der Waals surface area contributed by atoms with Gasteiger partial charge in [0.2, 0.25) is 0 Å². The summed E-state index contributed by atoms with van der Waals surface area (Å²) in [6.45, 7) is 4.26. The number of ether oxygens (including phenoxy) is 3. The maximum absolute atomic E-state index is 11.9. The van der Waals surface area contributed by atoms with Gasteiger partial charge in [0, 0.05) is 11.6 Å². The molecule has 3 aromatic rings. The Hall–Kier alpha value is -3.29. The topological polar surface area (TPSA) is 74.2 Å². The van der Waals surface area contributed by atoms with Gasteiger partial charge in [-0.1, -0.05) is 36.4 Å². The first-order valence-corrected chi connectivity index (χ1v) is 10.5. The average molecular weight is 431 g/mol. The molecule has 6 nitrogen and oxygen atoms in total. The van der Waals surface area contributed by atoms with Crippen molar-refractivity contribution in [3.05, 3.63) is 83.4 Å². The van der Waals surface area contributed by atoms with E-state index < -0.39 is 11.8 Å². The van der Waals surface area contributed by atoms with Crippen LogP contribution in [-0.2, 0) is 26.6 Å². The molecule has 1 heterocycles. The lowest BCUT2D eigenvalue weighted by molar-refractivity contribution is -0.174. The molecule has 4 rings (SSSR count). The molecule has 3 aromatic carbocycles. The van der Waals surface area contributed by atoms with Crippen molar-refractivity contribution in [2.75, 3.05) is 6.61 Å². The summed E-state index contributed by atoms with van der Waals surface area (Å²) < 4.78 is 22.3. The van der Waals surface area contributed by atoms with Gasteiger partial charge in [-0.25, -0.2) is 0 Å². The predicted molar refractivity (Wildman–Crippen MR) is 120 cm³/mol. The third-order valence-electron chi connectivity index (χ3n) is 5.09. The predicted octanol–water partition coefficient (Wildman–Crippen LogP) is 3.74. The van der Waals surface area contributed by atoms with Crippen LogP contribution >= 0.6 is 0 Å². The van der Waals surface area contributed by atoms with Crippen LogP contribution in [0.3, 0.4) is 0 Å². The minimum absolute atomic E-state index is 0.241. The second-order valence-corrected chi connectivity index (χ2v) is 7.56. The van der Waals surface area contributed by atoms with E-state index in [2.05, 4.69) is 0 Å². The molecule has 1 radical (unpaired) electrons. The lowest BCUT2D eigenvalue weighted by Crippen LogP contribution is -2.31. The molecule has 0 bridgehead atoms. The maximum atomic E-state index is 11.9. The van der Waals surface area contributed by atoms with Gasteiger partial charge in [0.25, 0.3) is 0 Å². The third-order valence-corrected chi connectivity index (χ3v) is 5.09. The summed E-state index contributed by atoms with van der Waals surface area (Å²) in [6.07, 6.45) is -0.286. The van der Waals surface area contributed by atoms with E-state index in [4.69, 9.17) is 18.9 Å². The molecular weight excluding hydrogens is 407 g/mol. The first-order chi connectivity index (χ1) is 15.5. The molecule has 1 N–H and O–H groups in total. The van der Waals surface area contributed by atoms with Gasteiger partial charge in [-0.3, -0.25) is 4.79 Å². The zero-order valence-electron chi connectivity index (χ0n) is 18.0. The normalized spacial score (nSPS) is 16.7. The zero-order valence-corrected chi connectivity index (χ0v) is 18.0. The highest BCUT2D eigenvalue weighted by Crippen LogP contribution is 2.35. The summed E-state index contributed by atoms with van der Waals surface area (Å²) in [5.74, 6) is -0.362. The molecular formula is C25H24BO6. The van der Waals surface area contributed by atoms with Gasteiger partial charge < -0.3 is 24.0 Å². The zero-order chi connectivity index (χ0) is 22.6. The fourth-order valence-electron chi connectivity index (χ4n) is 3.73. The summed E-state index contributed by atoms with van der Waals surface area (Å²) in [5, 5.41) is 10.9. The van der Waals surface area contributed by atoms with Crippen molar-refractivity contribution in [2.45, 2.75) is 32.7 Å². The van der Waals surface area contributed by atoms with E-state index in [1.54, 1.807) is 19.1 Å². The van der Waals surface area contributed by atoms with Crippen molar-refractivity contribution in [3.8, 4) is 17.2 Å². The molecule has 0 aliphatic carbocycles. The van der Waals surface area contributed by atoms with Gasteiger partial charge in [0.15, 0.2) is 5.79 Å².